The summed E-state index contributed by atoms with van der Waals surface area (Å²) < 4.78 is 12.3. The van der Waals surface area contributed by atoms with Crippen LogP contribution < -0.4 is 10.3 Å². The Labute approximate surface area is 157 Å². The van der Waals surface area contributed by atoms with Gasteiger partial charge in [-0.15, -0.1) is 5.10 Å². The van der Waals surface area contributed by atoms with Crippen molar-refractivity contribution in [3.05, 3.63) is 45.4 Å². The molecule has 0 aromatic carbocycles. The molecule has 136 valence electrons. The Hall–Kier alpha value is -2.55. The van der Waals surface area contributed by atoms with Crippen molar-refractivity contribution < 1.29 is 13.9 Å². The molecule has 3 aromatic rings. The predicted octanol–water partition coefficient (Wildman–Crippen LogP) is 2.93. The minimum atomic E-state index is -0.431. The summed E-state index contributed by atoms with van der Waals surface area (Å²) in [5.74, 6) is -0.111. The molecule has 0 unspecified atom stereocenters. The van der Waals surface area contributed by atoms with Crippen LogP contribution in [0.5, 0.6) is 5.88 Å². The summed E-state index contributed by atoms with van der Waals surface area (Å²) in [6.07, 6.45) is 3.18. The van der Waals surface area contributed by atoms with E-state index in [1.807, 2.05) is 20.8 Å². The summed E-state index contributed by atoms with van der Waals surface area (Å²) in [5.41, 5.74) is -0.499. The van der Waals surface area contributed by atoms with Crippen LogP contribution in [-0.4, -0.2) is 25.7 Å². The maximum absolute atomic E-state index is 12.6. The fourth-order valence-electron chi connectivity index (χ4n) is 2.33. The van der Waals surface area contributed by atoms with Crippen molar-refractivity contribution in [3.63, 3.8) is 0 Å². The SMILES string of the molecule is CC(C)(C)CC(=O)Oc1nn(Cc2ncc(Br)o2)c(=O)c2ncccc12. The van der Waals surface area contributed by atoms with Gasteiger partial charge in [-0.2, -0.15) is 0 Å². The minimum Gasteiger partial charge on any atom is -0.432 e. The largest absolute Gasteiger partial charge is 0.432 e. The Kier molecular flexibility index (Phi) is 4.90. The summed E-state index contributed by atoms with van der Waals surface area (Å²) in [7, 11) is 0. The predicted molar refractivity (Wildman–Crippen MR) is 96.8 cm³/mol. The molecular formula is C17H17BrN4O4. The average Bonchev–Trinajstić information content (AvgIpc) is 2.95. The lowest BCUT2D eigenvalue weighted by molar-refractivity contribution is -0.136. The van der Waals surface area contributed by atoms with Crippen molar-refractivity contribution in [1.29, 1.82) is 0 Å². The van der Waals surface area contributed by atoms with Crippen LogP contribution in [0.3, 0.4) is 0 Å². The van der Waals surface area contributed by atoms with E-state index in [-0.39, 0.29) is 35.7 Å². The monoisotopic (exact) mass is 420 g/mol. The number of halogens is 1. The number of nitrogens with zero attached hydrogens (tertiary/aromatic N) is 4. The van der Waals surface area contributed by atoms with E-state index >= 15 is 0 Å². The molecular weight excluding hydrogens is 404 g/mol. The maximum atomic E-state index is 12.6. The molecule has 0 aliphatic rings. The Morgan fingerprint density at radius 1 is 1.35 bits per heavy atom. The van der Waals surface area contributed by atoms with Crippen molar-refractivity contribution in [2.45, 2.75) is 33.7 Å². The molecule has 0 atom stereocenters. The molecule has 8 nitrogen and oxygen atoms in total. The van der Waals surface area contributed by atoms with Crippen LogP contribution in [0.15, 0.2) is 38.4 Å². The lowest BCUT2D eigenvalue weighted by Crippen LogP contribution is -2.26. The molecule has 0 saturated heterocycles. The number of pyridine rings is 1. The van der Waals surface area contributed by atoms with Gasteiger partial charge in [0.1, 0.15) is 12.1 Å². The highest BCUT2D eigenvalue weighted by Crippen LogP contribution is 2.23. The third kappa shape index (κ3) is 4.16. The minimum absolute atomic E-state index is 0.0131. The van der Waals surface area contributed by atoms with Gasteiger partial charge >= 0.3 is 5.97 Å². The Morgan fingerprint density at radius 3 is 2.77 bits per heavy atom. The molecule has 0 aliphatic heterocycles. The zero-order chi connectivity index (χ0) is 18.9. The summed E-state index contributed by atoms with van der Waals surface area (Å²) >= 11 is 3.16. The van der Waals surface area contributed by atoms with Crippen LogP contribution >= 0.6 is 15.9 Å². The first-order valence-corrected chi connectivity index (χ1v) is 8.69. The van der Waals surface area contributed by atoms with Gasteiger partial charge in [0.25, 0.3) is 5.56 Å². The van der Waals surface area contributed by atoms with Gasteiger partial charge < -0.3 is 9.15 Å². The second-order valence-corrected chi connectivity index (χ2v) is 7.72. The molecule has 3 rings (SSSR count). The Morgan fingerprint density at radius 2 is 2.12 bits per heavy atom. The van der Waals surface area contributed by atoms with Crippen molar-refractivity contribution in [3.8, 4) is 5.88 Å². The Balaban J connectivity index is 2.02. The van der Waals surface area contributed by atoms with Crippen LogP contribution in [0.2, 0.25) is 0 Å². The van der Waals surface area contributed by atoms with Crippen molar-refractivity contribution >= 4 is 32.8 Å². The molecule has 0 fully saturated rings. The summed E-state index contributed by atoms with van der Waals surface area (Å²) in [6.45, 7) is 5.79. The molecule has 3 heterocycles. The van der Waals surface area contributed by atoms with Gasteiger partial charge in [0, 0.05) is 6.20 Å². The van der Waals surface area contributed by atoms with Gasteiger partial charge in [-0.3, -0.25) is 14.6 Å². The third-order valence-corrected chi connectivity index (χ3v) is 3.75. The molecule has 0 spiro atoms. The molecule has 0 bridgehead atoms. The van der Waals surface area contributed by atoms with E-state index in [2.05, 4.69) is 31.0 Å². The number of fused-ring (bicyclic) bond motifs is 1. The number of hydrogen-bond acceptors (Lipinski definition) is 7. The van der Waals surface area contributed by atoms with Crippen LogP contribution in [0.25, 0.3) is 10.9 Å². The number of esters is 1. The quantitative estimate of drug-likeness (QED) is 0.597. The standard InChI is InChI=1S/C17H17BrN4O4/c1-17(2,3)7-13(23)26-15-10-5-4-6-19-14(10)16(24)22(21-15)9-12-20-8-11(18)25-12/h4-6,8H,7,9H2,1-3H3. The summed E-state index contributed by atoms with van der Waals surface area (Å²) in [6, 6.07) is 3.29. The van der Waals surface area contributed by atoms with Gasteiger partial charge in [-0.1, -0.05) is 20.8 Å². The van der Waals surface area contributed by atoms with E-state index < -0.39 is 11.5 Å². The third-order valence-electron chi connectivity index (χ3n) is 3.38. The molecule has 0 amide bonds. The van der Waals surface area contributed by atoms with Gasteiger partial charge in [-0.05, 0) is 33.5 Å². The number of rotatable bonds is 4. The Bertz CT molecular complexity index is 1020. The van der Waals surface area contributed by atoms with Crippen LogP contribution in [-0.2, 0) is 11.3 Å². The molecule has 26 heavy (non-hydrogen) atoms. The fourth-order valence-corrected chi connectivity index (χ4v) is 2.62. The molecule has 3 aromatic heterocycles. The van der Waals surface area contributed by atoms with E-state index in [1.54, 1.807) is 12.1 Å². The van der Waals surface area contributed by atoms with Gasteiger partial charge in [0.2, 0.25) is 11.8 Å². The number of aromatic nitrogens is 4. The molecule has 0 aliphatic carbocycles. The number of hydrogen-bond donors (Lipinski definition) is 0. The van der Waals surface area contributed by atoms with E-state index in [0.29, 0.717) is 10.1 Å². The van der Waals surface area contributed by atoms with E-state index in [1.165, 1.54) is 12.4 Å². The van der Waals surface area contributed by atoms with Crippen molar-refractivity contribution in [1.82, 2.24) is 19.7 Å². The number of carbonyl (C=O) groups is 1. The lowest BCUT2D eigenvalue weighted by Gasteiger charge is -2.16. The summed E-state index contributed by atoms with van der Waals surface area (Å²) in [5, 5.41) is 4.56. The first-order valence-electron chi connectivity index (χ1n) is 7.90. The van der Waals surface area contributed by atoms with E-state index in [0.717, 1.165) is 4.68 Å². The molecule has 9 heteroatoms. The second-order valence-electron chi connectivity index (χ2n) is 6.94. The van der Waals surface area contributed by atoms with Crippen molar-refractivity contribution in [2.24, 2.45) is 5.41 Å². The highest BCUT2D eigenvalue weighted by Gasteiger charge is 2.21. The van der Waals surface area contributed by atoms with Gasteiger partial charge in [-0.25, -0.2) is 9.67 Å². The maximum Gasteiger partial charge on any atom is 0.313 e. The summed E-state index contributed by atoms with van der Waals surface area (Å²) in [4.78, 5) is 33.0. The first kappa shape index (κ1) is 18.2. The molecule has 0 N–H and O–H groups in total. The number of ether oxygens (including phenoxy) is 1. The van der Waals surface area contributed by atoms with E-state index in [9.17, 15) is 9.59 Å². The van der Waals surface area contributed by atoms with Crippen LogP contribution in [0.1, 0.15) is 33.1 Å². The second kappa shape index (κ2) is 6.99. The molecule has 0 saturated carbocycles. The smallest absolute Gasteiger partial charge is 0.313 e. The number of oxazole rings is 1. The fraction of sp³-hybridized carbons (Fsp3) is 0.353. The number of carbonyl (C=O) groups excluding carboxylic acids is 1. The first-order chi connectivity index (χ1) is 12.2. The zero-order valence-electron chi connectivity index (χ0n) is 14.5. The van der Waals surface area contributed by atoms with Crippen LogP contribution in [0, 0.1) is 5.41 Å². The highest BCUT2D eigenvalue weighted by molar-refractivity contribution is 9.10. The van der Waals surface area contributed by atoms with Gasteiger partial charge in [0.15, 0.2) is 4.67 Å². The topological polar surface area (TPSA) is 100 Å². The van der Waals surface area contributed by atoms with E-state index in [4.69, 9.17) is 9.15 Å². The highest BCUT2D eigenvalue weighted by atomic mass is 79.9. The van der Waals surface area contributed by atoms with Crippen molar-refractivity contribution in [2.75, 3.05) is 0 Å². The lowest BCUT2D eigenvalue weighted by atomic mass is 9.92. The van der Waals surface area contributed by atoms with Crippen LogP contribution in [0.4, 0.5) is 0 Å². The zero-order valence-corrected chi connectivity index (χ0v) is 16.1. The van der Waals surface area contributed by atoms with Gasteiger partial charge in [0.05, 0.1) is 18.0 Å². The normalized spacial score (nSPS) is 11.7. The molecule has 0 radical (unpaired) electrons. The average molecular weight is 421 g/mol.